The molecule has 152 valence electrons. The van der Waals surface area contributed by atoms with Gasteiger partial charge in [-0.3, -0.25) is 9.59 Å². The van der Waals surface area contributed by atoms with Gasteiger partial charge in [0.1, 0.15) is 12.2 Å². The summed E-state index contributed by atoms with van der Waals surface area (Å²) < 4.78 is 15.5. The van der Waals surface area contributed by atoms with E-state index in [1.54, 1.807) is 50.2 Å². The summed E-state index contributed by atoms with van der Waals surface area (Å²) in [6.07, 6.45) is -1.35. The number of ether oxygens (including phenoxy) is 3. The van der Waals surface area contributed by atoms with Crippen LogP contribution >= 0.6 is 0 Å². The Labute approximate surface area is 168 Å². The number of esters is 2. The fourth-order valence-corrected chi connectivity index (χ4v) is 2.36. The minimum atomic E-state index is -0.972. The first-order chi connectivity index (χ1) is 13.9. The van der Waals surface area contributed by atoms with Gasteiger partial charge in [-0.2, -0.15) is 0 Å². The Bertz CT molecular complexity index is 774. The summed E-state index contributed by atoms with van der Waals surface area (Å²) in [5.74, 6) is -3.42. The average molecular weight is 398 g/mol. The van der Waals surface area contributed by atoms with E-state index in [0.29, 0.717) is 0 Å². The fourth-order valence-electron chi connectivity index (χ4n) is 2.36. The summed E-state index contributed by atoms with van der Waals surface area (Å²) in [6.45, 7) is 3.15. The second-order valence-electron chi connectivity index (χ2n) is 6.36. The molecule has 0 saturated carbocycles. The van der Waals surface area contributed by atoms with Crippen molar-refractivity contribution in [2.24, 2.45) is 0 Å². The maximum Gasteiger partial charge on any atom is 0.380 e. The largest absolute Gasteiger partial charge is 0.454 e. The standard InChI is InChI=1S/C22H22O7/c1-15(28-21(25)19(23)17-9-5-3-6-10-17)13-27-14-16(2)29-22(26)20(24)18-11-7-4-8-12-18/h3-12,15-16H,13-14H2,1-2H3. The topological polar surface area (TPSA) is 96.0 Å². The molecule has 0 aliphatic heterocycles. The van der Waals surface area contributed by atoms with Gasteiger partial charge in [-0.15, -0.1) is 0 Å². The molecule has 7 nitrogen and oxygen atoms in total. The number of ketones is 2. The van der Waals surface area contributed by atoms with E-state index >= 15 is 0 Å². The highest BCUT2D eigenvalue weighted by Crippen LogP contribution is 2.06. The number of carbonyl (C=O) groups is 4. The molecule has 2 unspecified atom stereocenters. The Morgan fingerprint density at radius 1 is 0.655 bits per heavy atom. The van der Waals surface area contributed by atoms with Gasteiger partial charge in [0, 0.05) is 11.1 Å². The van der Waals surface area contributed by atoms with Crippen molar-refractivity contribution in [2.75, 3.05) is 13.2 Å². The van der Waals surface area contributed by atoms with Crippen molar-refractivity contribution in [3.8, 4) is 0 Å². The zero-order valence-electron chi connectivity index (χ0n) is 16.2. The average Bonchev–Trinajstić information content (AvgIpc) is 2.73. The van der Waals surface area contributed by atoms with E-state index in [0.717, 1.165) is 0 Å². The van der Waals surface area contributed by atoms with Crippen molar-refractivity contribution in [1.29, 1.82) is 0 Å². The number of hydrogen-bond acceptors (Lipinski definition) is 7. The molecule has 0 heterocycles. The number of Topliss-reactive ketones (excluding diaryl/α,β-unsaturated/α-hetero) is 2. The summed E-state index contributed by atoms with van der Waals surface area (Å²) >= 11 is 0. The van der Waals surface area contributed by atoms with Crippen molar-refractivity contribution < 1.29 is 33.4 Å². The lowest BCUT2D eigenvalue weighted by Gasteiger charge is -2.16. The highest BCUT2D eigenvalue weighted by molar-refractivity contribution is 6.41. The van der Waals surface area contributed by atoms with E-state index in [-0.39, 0.29) is 24.3 Å². The molecule has 0 bridgehead atoms. The Kier molecular flexibility index (Phi) is 8.24. The SMILES string of the molecule is CC(COCC(C)OC(=O)C(=O)c1ccccc1)OC(=O)C(=O)c1ccccc1. The van der Waals surface area contributed by atoms with Crippen LogP contribution in [0.2, 0.25) is 0 Å². The lowest BCUT2D eigenvalue weighted by Crippen LogP contribution is -2.29. The highest BCUT2D eigenvalue weighted by atomic mass is 16.6. The summed E-state index contributed by atoms with van der Waals surface area (Å²) in [6, 6.07) is 16.2. The van der Waals surface area contributed by atoms with Crippen LogP contribution in [0, 0.1) is 0 Å². The maximum atomic E-state index is 12.0. The van der Waals surface area contributed by atoms with Crippen LogP contribution in [0.25, 0.3) is 0 Å². The van der Waals surface area contributed by atoms with Gasteiger partial charge in [0.2, 0.25) is 0 Å². The van der Waals surface area contributed by atoms with E-state index in [2.05, 4.69) is 0 Å². The maximum absolute atomic E-state index is 12.0. The molecular weight excluding hydrogens is 376 g/mol. The second kappa shape index (κ2) is 10.9. The molecule has 29 heavy (non-hydrogen) atoms. The first-order valence-corrected chi connectivity index (χ1v) is 9.07. The Balaban J connectivity index is 1.70. The van der Waals surface area contributed by atoms with Crippen LogP contribution in [0.15, 0.2) is 60.7 Å². The van der Waals surface area contributed by atoms with Gasteiger partial charge < -0.3 is 14.2 Å². The molecule has 2 atom stereocenters. The Morgan fingerprint density at radius 2 is 1.00 bits per heavy atom. The van der Waals surface area contributed by atoms with Crippen LogP contribution in [0.4, 0.5) is 0 Å². The molecule has 0 amide bonds. The van der Waals surface area contributed by atoms with Crippen LogP contribution in [0.1, 0.15) is 34.6 Å². The van der Waals surface area contributed by atoms with Crippen molar-refractivity contribution in [3.05, 3.63) is 71.8 Å². The van der Waals surface area contributed by atoms with Crippen LogP contribution in [0.3, 0.4) is 0 Å². The van der Waals surface area contributed by atoms with Gasteiger partial charge in [0.05, 0.1) is 13.2 Å². The summed E-state index contributed by atoms with van der Waals surface area (Å²) in [4.78, 5) is 47.7. The quantitative estimate of drug-likeness (QED) is 0.345. The van der Waals surface area contributed by atoms with E-state index < -0.39 is 35.7 Å². The lowest BCUT2D eigenvalue weighted by molar-refractivity contribution is -0.148. The van der Waals surface area contributed by atoms with Crippen molar-refractivity contribution >= 4 is 23.5 Å². The van der Waals surface area contributed by atoms with Gasteiger partial charge >= 0.3 is 11.9 Å². The molecule has 2 aromatic carbocycles. The third-order valence-corrected chi connectivity index (χ3v) is 3.76. The first kappa shape index (κ1) is 22.0. The Hall–Kier alpha value is -3.32. The minimum Gasteiger partial charge on any atom is -0.454 e. The molecule has 0 N–H and O–H groups in total. The molecule has 2 aromatic rings. The van der Waals surface area contributed by atoms with Gasteiger partial charge in [-0.25, -0.2) is 9.59 Å². The monoisotopic (exact) mass is 398 g/mol. The third-order valence-electron chi connectivity index (χ3n) is 3.76. The predicted molar refractivity (Wildman–Crippen MR) is 103 cm³/mol. The first-order valence-electron chi connectivity index (χ1n) is 9.07. The molecule has 2 rings (SSSR count). The smallest absolute Gasteiger partial charge is 0.380 e. The summed E-state index contributed by atoms with van der Waals surface area (Å²) in [7, 11) is 0. The Morgan fingerprint density at radius 3 is 1.34 bits per heavy atom. The molecule has 7 heteroatoms. The zero-order chi connectivity index (χ0) is 21.2. The highest BCUT2D eigenvalue weighted by Gasteiger charge is 2.22. The minimum absolute atomic E-state index is 0.00231. The molecule has 0 radical (unpaired) electrons. The van der Waals surface area contributed by atoms with Gasteiger partial charge in [-0.1, -0.05) is 60.7 Å². The van der Waals surface area contributed by atoms with E-state index in [1.807, 2.05) is 0 Å². The third kappa shape index (κ3) is 6.97. The van der Waals surface area contributed by atoms with E-state index in [1.165, 1.54) is 24.3 Å². The summed E-state index contributed by atoms with van der Waals surface area (Å²) in [5.41, 5.74) is 0.489. The van der Waals surface area contributed by atoms with Gasteiger partial charge in [0.25, 0.3) is 11.6 Å². The molecule has 0 saturated heterocycles. The van der Waals surface area contributed by atoms with Gasteiger partial charge in [0.15, 0.2) is 0 Å². The molecule has 0 fully saturated rings. The van der Waals surface area contributed by atoms with E-state index in [9.17, 15) is 19.2 Å². The molecular formula is C22H22O7. The van der Waals surface area contributed by atoms with Crippen LogP contribution < -0.4 is 0 Å². The molecule has 0 aliphatic rings. The van der Waals surface area contributed by atoms with Gasteiger partial charge in [-0.05, 0) is 13.8 Å². The second-order valence-corrected chi connectivity index (χ2v) is 6.36. The number of rotatable bonds is 10. The van der Waals surface area contributed by atoms with Crippen molar-refractivity contribution in [1.82, 2.24) is 0 Å². The van der Waals surface area contributed by atoms with Crippen molar-refractivity contribution in [2.45, 2.75) is 26.1 Å². The summed E-state index contributed by atoms with van der Waals surface area (Å²) in [5, 5.41) is 0. The van der Waals surface area contributed by atoms with E-state index in [4.69, 9.17) is 14.2 Å². The molecule has 0 spiro atoms. The van der Waals surface area contributed by atoms with Crippen LogP contribution in [-0.2, 0) is 23.8 Å². The number of carbonyl (C=O) groups excluding carboxylic acids is 4. The molecule has 0 aliphatic carbocycles. The predicted octanol–water partition coefficient (Wildman–Crippen LogP) is 2.63. The number of hydrogen-bond donors (Lipinski definition) is 0. The normalized spacial score (nSPS) is 12.5. The van der Waals surface area contributed by atoms with Crippen LogP contribution in [-0.4, -0.2) is 48.9 Å². The molecule has 0 aromatic heterocycles. The number of benzene rings is 2. The zero-order valence-corrected chi connectivity index (χ0v) is 16.2. The fraction of sp³-hybridized carbons (Fsp3) is 0.273. The lowest BCUT2D eigenvalue weighted by atomic mass is 10.1. The van der Waals surface area contributed by atoms with Crippen LogP contribution in [0.5, 0.6) is 0 Å². The van der Waals surface area contributed by atoms with Crippen molar-refractivity contribution in [3.63, 3.8) is 0 Å².